The molecular weight excluding hydrogens is 314 g/mol. The average molecular weight is 335 g/mol. The van der Waals surface area contributed by atoms with Gasteiger partial charge in [-0.15, -0.1) is 0 Å². The molecule has 0 saturated carbocycles. The van der Waals surface area contributed by atoms with E-state index in [2.05, 4.69) is 24.3 Å². The van der Waals surface area contributed by atoms with Crippen molar-refractivity contribution in [1.29, 1.82) is 0 Å². The largest absolute Gasteiger partial charge is 0.281 e. The van der Waals surface area contributed by atoms with Gasteiger partial charge in [0.1, 0.15) is 0 Å². The van der Waals surface area contributed by atoms with Crippen molar-refractivity contribution in [1.82, 2.24) is 14.9 Å². The normalized spacial score (nSPS) is 18.0. The van der Waals surface area contributed by atoms with E-state index in [1.54, 1.807) is 10.0 Å². The van der Waals surface area contributed by atoms with Crippen LogP contribution in [0.15, 0.2) is 48.5 Å². The van der Waals surface area contributed by atoms with Gasteiger partial charge in [-0.3, -0.25) is 14.5 Å². The fourth-order valence-corrected chi connectivity index (χ4v) is 3.47. The van der Waals surface area contributed by atoms with Gasteiger partial charge in [-0.2, -0.15) is 0 Å². The van der Waals surface area contributed by atoms with E-state index in [1.165, 1.54) is 5.56 Å². The lowest BCUT2D eigenvalue weighted by molar-refractivity contribution is -0.164. The average Bonchev–Trinajstić information content (AvgIpc) is 2.72. The lowest BCUT2D eigenvalue weighted by Crippen LogP contribution is -2.50. The summed E-state index contributed by atoms with van der Waals surface area (Å²) < 4.78 is 0. The van der Waals surface area contributed by atoms with Crippen LogP contribution in [0.3, 0.4) is 0 Å². The molecule has 128 valence electrons. The number of fused-ring (bicyclic) bond motifs is 2. The zero-order valence-corrected chi connectivity index (χ0v) is 14.3. The highest BCUT2D eigenvalue weighted by molar-refractivity contribution is 5.87. The Morgan fingerprint density at radius 2 is 1.28 bits per heavy atom. The molecule has 0 spiro atoms. The minimum Gasteiger partial charge on any atom is -0.281 e. The van der Waals surface area contributed by atoms with Gasteiger partial charge in [-0.05, 0) is 23.6 Å². The molecule has 2 aliphatic heterocycles. The highest BCUT2D eigenvalue weighted by Crippen LogP contribution is 2.24. The van der Waals surface area contributed by atoms with Crippen LogP contribution >= 0.6 is 0 Å². The molecule has 0 radical (unpaired) electrons. The number of carbonyl (C=O) groups is 2. The van der Waals surface area contributed by atoms with Crippen molar-refractivity contribution in [2.24, 2.45) is 0 Å². The first-order valence-electron chi connectivity index (χ1n) is 8.55. The molecular formula is C20H21N3O2. The molecule has 5 heteroatoms. The van der Waals surface area contributed by atoms with Gasteiger partial charge in [0.15, 0.2) is 0 Å². The van der Waals surface area contributed by atoms with Crippen LogP contribution in [0, 0.1) is 6.92 Å². The molecule has 2 heterocycles. The van der Waals surface area contributed by atoms with Crippen molar-refractivity contribution in [2.45, 2.75) is 26.6 Å². The Hall–Kier alpha value is -2.66. The third-order valence-electron chi connectivity index (χ3n) is 4.87. The van der Waals surface area contributed by atoms with E-state index in [-0.39, 0.29) is 24.9 Å². The van der Waals surface area contributed by atoms with E-state index >= 15 is 0 Å². The zero-order valence-electron chi connectivity index (χ0n) is 14.3. The van der Waals surface area contributed by atoms with Crippen LogP contribution in [0.25, 0.3) is 0 Å². The summed E-state index contributed by atoms with van der Waals surface area (Å²) in [7, 11) is 0. The minimum absolute atomic E-state index is 0.0209. The Kier molecular flexibility index (Phi) is 4.01. The van der Waals surface area contributed by atoms with Gasteiger partial charge in [0, 0.05) is 6.54 Å². The molecule has 0 unspecified atom stereocenters. The molecule has 25 heavy (non-hydrogen) atoms. The number of benzene rings is 2. The summed E-state index contributed by atoms with van der Waals surface area (Å²) in [4.78, 5) is 27.4. The molecule has 2 aromatic carbocycles. The standard InChI is InChI=1S/C20H21N3O2/c1-15-6-8-16(9-7-15)10-21-13-19(24)22-11-17-4-2-3-5-18(17)12-23(22)20(25)14-21/h2-9H,10-14H2,1H3. The van der Waals surface area contributed by atoms with E-state index in [0.717, 1.165) is 16.7 Å². The first-order valence-corrected chi connectivity index (χ1v) is 8.55. The molecule has 5 nitrogen and oxygen atoms in total. The quantitative estimate of drug-likeness (QED) is 0.844. The molecule has 0 N–H and O–H groups in total. The Morgan fingerprint density at radius 3 is 1.80 bits per heavy atom. The fourth-order valence-electron chi connectivity index (χ4n) is 3.47. The van der Waals surface area contributed by atoms with Crippen LogP contribution < -0.4 is 0 Å². The maximum absolute atomic E-state index is 12.7. The number of carbonyl (C=O) groups excluding carboxylic acids is 2. The summed E-state index contributed by atoms with van der Waals surface area (Å²) in [5.74, 6) is -0.0417. The maximum Gasteiger partial charge on any atom is 0.255 e. The number of nitrogens with zero attached hydrogens (tertiary/aromatic N) is 3. The first-order chi connectivity index (χ1) is 12.1. The van der Waals surface area contributed by atoms with Gasteiger partial charge >= 0.3 is 0 Å². The molecule has 1 saturated heterocycles. The van der Waals surface area contributed by atoms with Gasteiger partial charge in [0.05, 0.1) is 26.2 Å². The number of hydrogen-bond donors (Lipinski definition) is 0. The van der Waals surface area contributed by atoms with Crippen molar-refractivity contribution >= 4 is 11.8 Å². The molecule has 2 amide bonds. The van der Waals surface area contributed by atoms with Crippen LogP contribution in [-0.4, -0.2) is 39.8 Å². The molecule has 2 aliphatic rings. The molecule has 0 aliphatic carbocycles. The van der Waals surface area contributed by atoms with Crippen molar-refractivity contribution in [3.63, 3.8) is 0 Å². The van der Waals surface area contributed by atoms with E-state index in [0.29, 0.717) is 19.6 Å². The second kappa shape index (κ2) is 6.33. The van der Waals surface area contributed by atoms with E-state index < -0.39 is 0 Å². The summed E-state index contributed by atoms with van der Waals surface area (Å²) in [6.07, 6.45) is 0. The molecule has 0 bridgehead atoms. The number of hydrazine groups is 1. The lowest BCUT2D eigenvalue weighted by Gasteiger charge is -2.37. The molecule has 0 aromatic heterocycles. The minimum atomic E-state index is -0.0209. The Balaban J connectivity index is 1.55. The van der Waals surface area contributed by atoms with Crippen molar-refractivity contribution < 1.29 is 9.59 Å². The number of rotatable bonds is 2. The van der Waals surface area contributed by atoms with Gasteiger partial charge in [-0.25, -0.2) is 10.0 Å². The van der Waals surface area contributed by atoms with Crippen molar-refractivity contribution in [2.75, 3.05) is 13.1 Å². The highest BCUT2D eigenvalue weighted by Gasteiger charge is 2.35. The van der Waals surface area contributed by atoms with E-state index in [1.807, 2.05) is 36.1 Å². The third-order valence-corrected chi connectivity index (χ3v) is 4.87. The maximum atomic E-state index is 12.7. The summed E-state index contributed by atoms with van der Waals surface area (Å²) in [6.45, 7) is 4.12. The molecule has 4 rings (SSSR count). The second-order valence-corrected chi connectivity index (χ2v) is 6.80. The van der Waals surface area contributed by atoms with Gasteiger partial charge in [0.2, 0.25) is 0 Å². The van der Waals surface area contributed by atoms with Gasteiger partial charge in [0.25, 0.3) is 11.8 Å². The number of aryl methyl sites for hydroxylation is 1. The Labute approximate surface area is 147 Å². The lowest BCUT2D eigenvalue weighted by atomic mass is 10.1. The summed E-state index contributed by atoms with van der Waals surface area (Å²) in [6, 6.07) is 16.2. The molecule has 1 fully saturated rings. The van der Waals surface area contributed by atoms with Gasteiger partial charge in [-0.1, -0.05) is 54.1 Å². The fraction of sp³-hybridized carbons (Fsp3) is 0.300. The van der Waals surface area contributed by atoms with Crippen LogP contribution in [0.4, 0.5) is 0 Å². The smallest absolute Gasteiger partial charge is 0.255 e. The monoisotopic (exact) mass is 335 g/mol. The predicted molar refractivity (Wildman–Crippen MR) is 94.0 cm³/mol. The van der Waals surface area contributed by atoms with Crippen LogP contribution in [-0.2, 0) is 29.2 Å². The summed E-state index contributed by atoms with van der Waals surface area (Å²) in [5, 5.41) is 3.22. The summed E-state index contributed by atoms with van der Waals surface area (Å²) >= 11 is 0. The van der Waals surface area contributed by atoms with Crippen LogP contribution in [0.1, 0.15) is 22.3 Å². The predicted octanol–water partition coefficient (Wildman–Crippen LogP) is 2.10. The third kappa shape index (κ3) is 3.15. The van der Waals surface area contributed by atoms with Crippen LogP contribution in [0.2, 0.25) is 0 Å². The zero-order chi connectivity index (χ0) is 17.4. The molecule has 0 atom stereocenters. The number of amides is 2. The van der Waals surface area contributed by atoms with Gasteiger partial charge < -0.3 is 0 Å². The SMILES string of the molecule is Cc1ccc(CN2CC(=O)N3Cc4ccccc4CN3C(=O)C2)cc1. The highest BCUT2D eigenvalue weighted by atomic mass is 16.2. The Morgan fingerprint density at radius 1 is 0.760 bits per heavy atom. The van der Waals surface area contributed by atoms with Crippen LogP contribution in [0.5, 0.6) is 0 Å². The molecule has 2 aromatic rings. The van der Waals surface area contributed by atoms with E-state index in [4.69, 9.17) is 0 Å². The number of hydrogen-bond acceptors (Lipinski definition) is 3. The second-order valence-electron chi connectivity index (χ2n) is 6.80. The van der Waals surface area contributed by atoms with E-state index in [9.17, 15) is 9.59 Å². The Bertz CT molecular complexity index is 771. The van der Waals surface area contributed by atoms with Crippen molar-refractivity contribution in [3.8, 4) is 0 Å². The van der Waals surface area contributed by atoms with Crippen molar-refractivity contribution in [3.05, 3.63) is 70.8 Å². The topological polar surface area (TPSA) is 43.9 Å². The summed E-state index contributed by atoms with van der Waals surface area (Å²) in [5.41, 5.74) is 4.55. The first kappa shape index (κ1) is 15.8.